The van der Waals surface area contributed by atoms with Gasteiger partial charge in [0.25, 0.3) is 0 Å². The number of aliphatic hydroxyl groups is 5. The van der Waals surface area contributed by atoms with Gasteiger partial charge in [0, 0.05) is 0 Å². The normalized spacial score (nSPS) is 41.8. The van der Waals surface area contributed by atoms with Gasteiger partial charge in [-0.2, -0.15) is 0 Å². The van der Waals surface area contributed by atoms with Crippen molar-refractivity contribution in [2.24, 2.45) is 0 Å². The summed E-state index contributed by atoms with van der Waals surface area (Å²) >= 11 is 0. The van der Waals surface area contributed by atoms with Crippen molar-refractivity contribution in [1.29, 1.82) is 0 Å². The van der Waals surface area contributed by atoms with Gasteiger partial charge < -0.3 is 35.0 Å². The predicted octanol–water partition coefficient (Wildman–Crippen LogP) is -3.20. The third-order valence-corrected chi connectivity index (χ3v) is 2.24. The molecular formula is C8H16O7. The fourth-order valence-corrected chi connectivity index (χ4v) is 1.44. The van der Waals surface area contributed by atoms with Crippen molar-refractivity contribution >= 4 is 0 Å². The summed E-state index contributed by atoms with van der Waals surface area (Å²) in [5, 5.41) is 45.6. The van der Waals surface area contributed by atoms with Gasteiger partial charge in [-0.1, -0.05) is 0 Å². The van der Waals surface area contributed by atoms with Crippen LogP contribution in [0.5, 0.6) is 0 Å². The van der Waals surface area contributed by atoms with Gasteiger partial charge in [-0.25, -0.2) is 0 Å². The van der Waals surface area contributed by atoms with Crippen LogP contribution in [0.15, 0.2) is 0 Å². The molecule has 5 unspecified atom stereocenters. The molecule has 1 fully saturated rings. The van der Waals surface area contributed by atoms with Crippen LogP contribution < -0.4 is 0 Å². The number of ether oxygens (including phenoxy) is 2. The molecular weight excluding hydrogens is 208 g/mol. The average molecular weight is 224 g/mol. The molecule has 7 heteroatoms. The molecule has 15 heavy (non-hydrogen) atoms. The third kappa shape index (κ3) is 2.85. The number of rotatable bonds is 4. The number of aliphatic hydroxyl groups excluding tert-OH is 5. The highest BCUT2D eigenvalue weighted by molar-refractivity contribution is 4.89. The van der Waals surface area contributed by atoms with Crippen molar-refractivity contribution in [3.8, 4) is 0 Å². The minimum absolute atomic E-state index is 0.0847. The first-order valence-corrected chi connectivity index (χ1v) is 4.64. The predicted molar refractivity (Wildman–Crippen MR) is 46.8 cm³/mol. The lowest BCUT2D eigenvalue weighted by Gasteiger charge is -2.39. The Kier molecular flexibility index (Phi) is 4.87. The molecule has 5 N–H and O–H groups in total. The monoisotopic (exact) mass is 224 g/mol. The van der Waals surface area contributed by atoms with Gasteiger partial charge in [0.1, 0.15) is 24.4 Å². The quantitative estimate of drug-likeness (QED) is 0.341. The summed E-state index contributed by atoms with van der Waals surface area (Å²) in [5.41, 5.74) is 0. The van der Waals surface area contributed by atoms with E-state index in [1.165, 1.54) is 0 Å². The Hall–Kier alpha value is -0.280. The van der Waals surface area contributed by atoms with Crippen LogP contribution in [0.4, 0.5) is 0 Å². The first-order valence-electron chi connectivity index (χ1n) is 4.64. The summed E-state index contributed by atoms with van der Waals surface area (Å²) in [7, 11) is 0. The average Bonchev–Trinajstić information content (AvgIpc) is 2.23. The summed E-state index contributed by atoms with van der Waals surface area (Å²) in [5.74, 6) is 0. The molecule has 0 bridgehead atoms. The van der Waals surface area contributed by atoms with Crippen LogP contribution in [-0.2, 0) is 9.47 Å². The molecule has 1 aliphatic heterocycles. The molecule has 0 aromatic carbocycles. The number of hydrogen-bond acceptors (Lipinski definition) is 7. The maximum atomic E-state index is 9.53. The van der Waals surface area contributed by atoms with E-state index in [-0.39, 0.29) is 13.2 Å². The Morgan fingerprint density at radius 1 is 1.07 bits per heavy atom. The molecule has 1 rings (SSSR count). The second kappa shape index (κ2) is 5.71. The summed E-state index contributed by atoms with van der Waals surface area (Å²) in [6.45, 7) is -0.865. The van der Waals surface area contributed by atoms with Crippen LogP contribution in [0.25, 0.3) is 0 Å². The fraction of sp³-hybridized carbons (Fsp3) is 1.00. The lowest BCUT2D eigenvalue weighted by molar-refractivity contribution is -0.297. The summed E-state index contributed by atoms with van der Waals surface area (Å²) < 4.78 is 9.72. The van der Waals surface area contributed by atoms with E-state index < -0.39 is 37.3 Å². The van der Waals surface area contributed by atoms with E-state index in [0.29, 0.717) is 0 Å². The highest BCUT2D eigenvalue weighted by Gasteiger charge is 2.44. The highest BCUT2D eigenvalue weighted by Crippen LogP contribution is 2.21. The lowest BCUT2D eigenvalue weighted by Crippen LogP contribution is -2.59. The van der Waals surface area contributed by atoms with Crippen LogP contribution in [0.2, 0.25) is 0 Å². The smallest absolute Gasteiger partial charge is 0.184 e. The maximum absolute atomic E-state index is 9.53. The van der Waals surface area contributed by atoms with Crippen LogP contribution >= 0.6 is 0 Å². The van der Waals surface area contributed by atoms with Crippen LogP contribution in [-0.4, -0.2) is 76.1 Å². The van der Waals surface area contributed by atoms with E-state index in [9.17, 15) is 15.3 Å². The molecule has 0 amide bonds. The van der Waals surface area contributed by atoms with Gasteiger partial charge in [0.05, 0.1) is 19.8 Å². The van der Waals surface area contributed by atoms with Crippen molar-refractivity contribution in [3.05, 3.63) is 0 Å². The first-order chi connectivity index (χ1) is 7.11. The van der Waals surface area contributed by atoms with E-state index in [1.807, 2.05) is 0 Å². The van der Waals surface area contributed by atoms with E-state index >= 15 is 0 Å². The zero-order valence-corrected chi connectivity index (χ0v) is 8.06. The summed E-state index contributed by atoms with van der Waals surface area (Å²) in [6, 6.07) is 0. The molecule has 0 spiro atoms. The minimum Gasteiger partial charge on any atom is -0.394 e. The van der Waals surface area contributed by atoms with Gasteiger partial charge in [0.2, 0.25) is 0 Å². The van der Waals surface area contributed by atoms with Crippen molar-refractivity contribution in [3.63, 3.8) is 0 Å². The van der Waals surface area contributed by atoms with Crippen molar-refractivity contribution < 1.29 is 35.0 Å². The Bertz CT molecular complexity index is 188. The van der Waals surface area contributed by atoms with Gasteiger partial charge in [-0.15, -0.1) is 0 Å². The zero-order valence-electron chi connectivity index (χ0n) is 8.06. The summed E-state index contributed by atoms with van der Waals surface area (Å²) in [6.07, 6.45) is -6.30. The van der Waals surface area contributed by atoms with Crippen LogP contribution in [0, 0.1) is 0 Å². The van der Waals surface area contributed by atoms with E-state index in [2.05, 4.69) is 0 Å². The van der Waals surface area contributed by atoms with E-state index in [1.54, 1.807) is 0 Å². The Morgan fingerprint density at radius 2 is 1.73 bits per heavy atom. The molecule has 0 aromatic heterocycles. The Balaban J connectivity index is 2.58. The van der Waals surface area contributed by atoms with Crippen molar-refractivity contribution in [1.82, 2.24) is 0 Å². The van der Waals surface area contributed by atoms with Crippen LogP contribution in [0.3, 0.4) is 0 Å². The van der Waals surface area contributed by atoms with Gasteiger partial charge in [-0.05, 0) is 0 Å². The van der Waals surface area contributed by atoms with Gasteiger partial charge >= 0.3 is 0 Å². The molecule has 0 saturated carbocycles. The highest BCUT2D eigenvalue weighted by atomic mass is 16.7. The molecule has 0 aliphatic carbocycles. The second-order valence-electron chi connectivity index (χ2n) is 3.29. The molecule has 1 heterocycles. The maximum Gasteiger partial charge on any atom is 0.184 e. The molecule has 5 atom stereocenters. The van der Waals surface area contributed by atoms with Gasteiger partial charge in [-0.3, -0.25) is 0 Å². The van der Waals surface area contributed by atoms with E-state index in [4.69, 9.17) is 19.7 Å². The molecule has 0 radical (unpaired) electrons. The van der Waals surface area contributed by atoms with E-state index in [0.717, 1.165) is 0 Å². The molecule has 90 valence electrons. The fourth-order valence-electron chi connectivity index (χ4n) is 1.44. The lowest BCUT2D eigenvalue weighted by atomic mass is 9.99. The first kappa shape index (κ1) is 12.8. The third-order valence-electron chi connectivity index (χ3n) is 2.24. The molecule has 1 aliphatic rings. The second-order valence-corrected chi connectivity index (χ2v) is 3.29. The molecule has 1 saturated heterocycles. The van der Waals surface area contributed by atoms with Gasteiger partial charge in [0.15, 0.2) is 6.29 Å². The standard InChI is InChI=1S/C8H16O7/c9-1-2-14-7-6(12)5(11)4(3-10)15-8(7)13/h4-13H,1-3H2. The molecule has 0 aromatic rings. The Labute approximate surface area is 86.5 Å². The largest absolute Gasteiger partial charge is 0.394 e. The molecule has 7 nitrogen and oxygen atoms in total. The SMILES string of the molecule is OCCOC1C(O)OC(CO)C(O)C1O. The summed E-state index contributed by atoms with van der Waals surface area (Å²) in [4.78, 5) is 0. The topological polar surface area (TPSA) is 120 Å². The number of hydrogen-bond donors (Lipinski definition) is 5. The van der Waals surface area contributed by atoms with Crippen molar-refractivity contribution in [2.45, 2.75) is 30.7 Å². The zero-order chi connectivity index (χ0) is 11.4. The van der Waals surface area contributed by atoms with Crippen LogP contribution in [0.1, 0.15) is 0 Å². The minimum atomic E-state index is -1.44. The van der Waals surface area contributed by atoms with Crippen molar-refractivity contribution in [2.75, 3.05) is 19.8 Å². The Morgan fingerprint density at radius 3 is 2.27 bits per heavy atom.